The maximum atomic E-state index is 12.2. The molecule has 0 saturated heterocycles. The molecule has 0 aromatic carbocycles. The molecule has 0 amide bonds. The third kappa shape index (κ3) is 11.0. The van der Waals surface area contributed by atoms with Crippen molar-refractivity contribution in [1.29, 1.82) is 0 Å². The summed E-state index contributed by atoms with van der Waals surface area (Å²) in [5.74, 6) is -1.00. The summed E-state index contributed by atoms with van der Waals surface area (Å²) in [5.41, 5.74) is 10.6. The van der Waals surface area contributed by atoms with E-state index in [-0.39, 0.29) is 11.0 Å². The second-order valence-corrected chi connectivity index (χ2v) is 9.42. The van der Waals surface area contributed by atoms with Gasteiger partial charge in [0.15, 0.2) is 0 Å². The van der Waals surface area contributed by atoms with Gasteiger partial charge in [-0.1, -0.05) is 0 Å². The van der Waals surface area contributed by atoms with Gasteiger partial charge in [0.2, 0.25) is 0 Å². The molecule has 0 aliphatic carbocycles. The van der Waals surface area contributed by atoms with Gasteiger partial charge in [-0.25, -0.2) is 0 Å². The van der Waals surface area contributed by atoms with Crippen LogP contribution in [0.2, 0.25) is 0 Å². The first-order valence-corrected chi connectivity index (χ1v) is 10.2. The number of carboxylic acid groups (broad SMARTS) is 1. The molecule has 0 aromatic heterocycles. The maximum absolute atomic E-state index is 12.2. The molecule has 0 spiro atoms. The number of aliphatic hydroxyl groups is 1. The minimum absolute atomic E-state index is 0.0722. The van der Waals surface area contributed by atoms with E-state index in [1.54, 1.807) is 20.8 Å². The number of aliphatic carboxylic acids is 1. The van der Waals surface area contributed by atoms with Crippen molar-refractivity contribution in [3.63, 3.8) is 0 Å². The van der Waals surface area contributed by atoms with Crippen LogP contribution in [0.4, 0.5) is 0 Å². The molecule has 0 aromatic rings. The molecule has 0 aliphatic heterocycles. The van der Waals surface area contributed by atoms with Gasteiger partial charge in [0.05, 0.1) is 0 Å². The van der Waals surface area contributed by atoms with E-state index in [9.17, 15) is 14.7 Å². The van der Waals surface area contributed by atoms with Crippen LogP contribution in [-0.4, -0.2) is 71.0 Å². The molecule has 23 heavy (non-hydrogen) atoms. The van der Waals surface area contributed by atoms with Gasteiger partial charge in [-0.15, -0.1) is 0 Å². The van der Waals surface area contributed by atoms with E-state index in [0.29, 0.717) is 12.2 Å². The Labute approximate surface area is 152 Å². The molecule has 0 saturated carbocycles. The van der Waals surface area contributed by atoms with Crippen LogP contribution in [-0.2, 0) is 14.3 Å². The normalized spacial score (nSPS) is 15.5. The number of aliphatic hydroxyl groups excluding tert-OH is 1. The number of hydrogen-bond donors (Lipinski definition) is 4. The number of hydrogen-bond acceptors (Lipinski definition) is 8. The topological polar surface area (TPSA) is 136 Å². The first kappa shape index (κ1) is 22.7. The van der Waals surface area contributed by atoms with Crippen LogP contribution in [0.5, 0.6) is 0 Å². The van der Waals surface area contributed by atoms with Crippen LogP contribution >= 0.6 is 21.6 Å². The van der Waals surface area contributed by atoms with Gasteiger partial charge in [-0.3, -0.25) is 0 Å². The summed E-state index contributed by atoms with van der Waals surface area (Å²) in [6.45, 7) is 5.30. The number of rotatable bonds is 10. The molecule has 0 radical (unpaired) electrons. The Morgan fingerprint density at radius 2 is 1.78 bits per heavy atom. The third-order valence-electron chi connectivity index (χ3n) is 2.47. The average molecular weight is 431 g/mol. The number of carbonyl (C=O) groups is 2. The van der Waals surface area contributed by atoms with Crippen LogP contribution in [0, 0.1) is 0 Å². The van der Waals surface area contributed by atoms with Gasteiger partial charge in [0, 0.05) is 0 Å². The fraction of sp³-hybridized carbons (Fsp3) is 0.769. The Kier molecular flexibility index (Phi) is 10.5. The summed E-state index contributed by atoms with van der Waals surface area (Å²) >= 11 is 2.42. The number of carbonyl (C=O) groups excluding carboxylic acids is 1. The van der Waals surface area contributed by atoms with Crippen LogP contribution in [0.1, 0.15) is 33.6 Å². The van der Waals surface area contributed by atoms with E-state index in [2.05, 4.69) is 15.6 Å². The van der Waals surface area contributed by atoms with Crippen molar-refractivity contribution in [2.45, 2.75) is 56.5 Å². The van der Waals surface area contributed by atoms with Crippen molar-refractivity contribution >= 4 is 53.7 Å². The first-order chi connectivity index (χ1) is 10.4. The van der Waals surface area contributed by atoms with Crippen molar-refractivity contribution in [2.75, 3.05) is 5.75 Å². The molecule has 0 heterocycles. The average Bonchev–Trinajstić information content (AvgIpc) is 2.39. The van der Waals surface area contributed by atoms with Crippen molar-refractivity contribution in [3.8, 4) is 0 Å². The van der Waals surface area contributed by atoms with E-state index in [0.717, 1.165) is 0 Å². The predicted molar refractivity (Wildman–Crippen MR) is 95.2 cm³/mol. The monoisotopic (exact) mass is 432 g/mol. The zero-order valence-electron chi connectivity index (χ0n) is 13.4. The Balaban J connectivity index is 4.57. The SMILES string of the molecule is CC(C)(C)OC(=O)C(CC(N)C(O)=[Se])SSCCC(N)C(=O)O. The van der Waals surface area contributed by atoms with Gasteiger partial charge < -0.3 is 0 Å². The van der Waals surface area contributed by atoms with E-state index in [1.807, 2.05) is 0 Å². The summed E-state index contributed by atoms with van der Waals surface area (Å²) in [6.07, 6.45) is 0.495. The summed E-state index contributed by atoms with van der Waals surface area (Å²) in [6, 6.07) is -1.60. The molecule has 10 heteroatoms. The van der Waals surface area contributed by atoms with Gasteiger partial charge >= 0.3 is 152 Å². The molecule has 3 unspecified atom stereocenters. The van der Waals surface area contributed by atoms with E-state index >= 15 is 0 Å². The van der Waals surface area contributed by atoms with E-state index in [1.165, 1.54) is 21.6 Å². The van der Waals surface area contributed by atoms with Crippen LogP contribution in [0.15, 0.2) is 0 Å². The molecule has 0 fully saturated rings. The molecular weight excluding hydrogens is 407 g/mol. The van der Waals surface area contributed by atoms with Crippen molar-refractivity contribution in [3.05, 3.63) is 0 Å². The van der Waals surface area contributed by atoms with Crippen molar-refractivity contribution in [1.82, 2.24) is 0 Å². The van der Waals surface area contributed by atoms with Gasteiger partial charge in [0.25, 0.3) is 0 Å². The molecule has 0 bridgehead atoms. The Morgan fingerprint density at radius 3 is 2.22 bits per heavy atom. The molecule has 0 rings (SSSR count). The van der Waals surface area contributed by atoms with Crippen LogP contribution in [0.25, 0.3) is 0 Å². The summed E-state index contributed by atoms with van der Waals surface area (Å²) in [7, 11) is 2.58. The number of nitrogens with two attached hydrogens (primary N) is 2. The van der Waals surface area contributed by atoms with E-state index in [4.69, 9.17) is 21.3 Å². The Hall–Kier alpha value is -0.251. The van der Waals surface area contributed by atoms with Crippen molar-refractivity contribution < 1.29 is 24.5 Å². The van der Waals surface area contributed by atoms with Crippen molar-refractivity contribution in [2.24, 2.45) is 11.5 Å². The van der Waals surface area contributed by atoms with Gasteiger partial charge in [-0.05, 0) is 0 Å². The molecule has 0 aliphatic rings. The fourth-order valence-electron chi connectivity index (χ4n) is 1.30. The standard InChI is InChI=1S/C13H24N2O5S2Se/c1-13(2,3)20-11(18)9(6-8(15)12(19)23)22-21-5-4-7(14)10(16)17/h7-9H,4-6,14-15H2,1-3H3,(H,16,17)(H,19,23). The first-order valence-electron chi connectivity index (χ1n) is 6.92. The number of esters is 1. The quantitative estimate of drug-likeness (QED) is 0.166. The van der Waals surface area contributed by atoms with Crippen LogP contribution in [0.3, 0.4) is 0 Å². The minimum atomic E-state index is -1.05. The van der Waals surface area contributed by atoms with Gasteiger partial charge in [-0.2, -0.15) is 0 Å². The zero-order valence-corrected chi connectivity index (χ0v) is 16.7. The molecule has 7 nitrogen and oxygen atoms in total. The van der Waals surface area contributed by atoms with E-state index < -0.39 is 34.9 Å². The molecular formula is C13H24N2O5S2Se. The fourth-order valence-corrected chi connectivity index (χ4v) is 4.07. The summed E-state index contributed by atoms with van der Waals surface area (Å²) in [4.78, 5) is 22.9. The predicted octanol–water partition coefficient (Wildman–Crippen LogP) is 0.268. The zero-order chi connectivity index (χ0) is 18.2. The second kappa shape index (κ2) is 10.6. The Bertz CT molecular complexity index is 431. The molecule has 134 valence electrons. The van der Waals surface area contributed by atoms with Gasteiger partial charge in [0.1, 0.15) is 0 Å². The Morgan fingerprint density at radius 1 is 1.22 bits per heavy atom. The molecule has 6 N–H and O–H groups in total. The number of carboxylic acids is 1. The number of ether oxygens (including phenoxy) is 1. The second-order valence-electron chi connectivity index (χ2n) is 5.85. The third-order valence-corrected chi connectivity index (χ3v) is 5.86. The molecule has 3 atom stereocenters. The summed E-state index contributed by atoms with van der Waals surface area (Å²) in [5, 5.41) is 17.5. The van der Waals surface area contributed by atoms with Crippen LogP contribution < -0.4 is 11.5 Å². The summed E-state index contributed by atoms with van der Waals surface area (Å²) < 4.78 is 5.28.